The normalized spacial score (nSPS) is 11.8. The molecule has 0 atom stereocenters. The van der Waals surface area contributed by atoms with Gasteiger partial charge < -0.3 is 10.1 Å². The van der Waals surface area contributed by atoms with Crippen LogP contribution in [0, 0.1) is 0 Å². The number of hydrogen-bond acceptors (Lipinski definition) is 3. The summed E-state index contributed by atoms with van der Waals surface area (Å²) < 4.78 is 44.0. The van der Waals surface area contributed by atoms with Gasteiger partial charge >= 0.3 is 12.3 Å². The molecule has 0 aliphatic heterocycles. The van der Waals surface area contributed by atoms with Crippen molar-refractivity contribution in [1.82, 2.24) is 5.32 Å². The van der Waals surface area contributed by atoms with Crippen molar-refractivity contribution >= 4 is 11.9 Å². The fourth-order valence-corrected chi connectivity index (χ4v) is 2.91. The Kier molecular flexibility index (Phi) is 7.65. The molecule has 0 fully saturated rings. The second-order valence-electron chi connectivity index (χ2n) is 7.99. The minimum absolute atomic E-state index is 0.122. The van der Waals surface area contributed by atoms with E-state index in [2.05, 4.69) is 5.32 Å². The first-order valence-corrected chi connectivity index (χ1v) is 9.70. The van der Waals surface area contributed by atoms with Crippen LogP contribution in [0.4, 0.5) is 18.0 Å². The predicted octanol–water partition coefficient (Wildman–Crippen LogP) is 5.78. The van der Waals surface area contributed by atoms with Crippen LogP contribution in [-0.2, 0) is 17.3 Å². The van der Waals surface area contributed by atoms with Crippen LogP contribution in [0.2, 0.25) is 0 Å². The van der Waals surface area contributed by atoms with Gasteiger partial charge in [0.05, 0.1) is 5.56 Å². The van der Waals surface area contributed by atoms with Gasteiger partial charge in [-0.25, -0.2) is 4.79 Å². The van der Waals surface area contributed by atoms with E-state index >= 15 is 0 Å². The van der Waals surface area contributed by atoms with Crippen LogP contribution < -0.4 is 5.32 Å². The quantitative estimate of drug-likeness (QED) is 0.455. The Hall–Kier alpha value is -2.83. The molecule has 0 saturated heterocycles. The third kappa shape index (κ3) is 7.54. The topological polar surface area (TPSA) is 55.4 Å². The number of alkyl halides is 3. The molecule has 7 heteroatoms. The highest BCUT2D eigenvalue weighted by atomic mass is 19.4. The largest absolute Gasteiger partial charge is 0.444 e. The zero-order chi connectivity index (χ0) is 22.4. The molecule has 0 aliphatic rings. The third-order valence-electron chi connectivity index (χ3n) is 4.22. The van der Waals surface area contributed by atoms with Gasteiger partial charge in [-0.05, 0) is 50.8 Å². The second kappa shape index (κ2) is 9.78. The van der Waals surface area contributed by atoms with Crippen LogP contribution in [0.5, 0.6) is 0 Å². The monoisotopic (exact) mass is 421 g/mol. The second-order valence-corrected chi connectivity index (χ2v) is 7.99. The van der Waals surface area contributed by atoms with E-state index in [4.69, 9.17) is 4.74 Å². The van der Waals surface area contributed by atoms with Crippen molar-refractivity contribution in [2.24, 2.45) is 0 Å². The Bertz CT molecular complexity index is 886. The zero-order valence-corrected chi connectivity index (χ0v) is 17.3. The number of Topliss-reactive ketones (excluding diaryl/α,β-unsaturated/α-hetero) is 1. The fourth-order valence-electron chi connectivity index (χ4n) is 2.91. The summed E-state index contributed by atoms with van der Waals surface area (Å²) in [6.45, 7) is 5.57. The Morgan fingerprint density at radius 1 is 1.00 bits per heavy atom. The van der Waals surface area contributed by atoms with Crippen molar-refractivity contribution in [1.29, 1.82) is 0 Å². The molecule has 0 saturated carbocycles. The molecule has 0 radical (unpaired) electrons. The van der Waals surface area contributed by atoms with E-state index < -0.39 is 23.4 Å². The molecule has 1 N–H and O–H groups in total. The molecule has 0 spiro atoms. The minimum Gasteiger partial charge on any atom is -0.444 e. The average Bonchev–Trinajstić information content (AvgIpc) is 2.63. The highest BCUT2D eigenvalue weighted by Crippen LogP contribution is 2.30. The van der Waals surface area contributed by atoms with Gasteiger partial charge in [0.15, 0.2) is 5.78 Å². The first-order valence-electron chi connectivity index (χ1n) is 9.70. The van der Waals surface area contributed by atoms with Gasteiger partial charge in [0.2, 0.25) is 0 Å². The lowest BCUT2D eigenvalue weighted by atomic mass is 9.95. The Labute approximate surface area is 174 Å². The number of hydrogen-bond donors (Lipinski definition) is 1. The van der Waals surface area contributed by atoms with E-state index in [-0.39, 0.29) is 25.2 Å². The first kappa shape index (κ1) is 23.4. The van der Waals surface area contributed by atoms with Crippen molar-refractivity contribution < 1.29 is 27.5 Å². The van der Waals surface area contributed by atoms with Gasteiger partial charge in [-0.1, -0.05) is 42.5 Å². The SMILES string of the molecule is CC(C)(C)OC(=O)NCCCC(=O)c1ccccc1Cc1cccc(C(F)(F)F)c1. The maximum absolute atomic E-state index is 12.9. The molecule has 0 aromatic heterocycles. The van der Waals surface area contributed by atoms with Crippen LogP contribution >= 0.6 is 0 Å². The van der Waals surface area contributed by atoms with E-state index in [1.165, 1.54) is 6.07 Å². The summed E-state index contributed by atoms with van der Waals surface area (Å²) >= 11 is 0. The molecule has 30 heavy (non-hydrogen) atoms. The molecule has 0 unspecified atom stereocenters. The number of benzene rings is 2. The highest BCUT2D eigenvalue weighted by Gasteiger charge is 2.30. The molecule has 0 heterocycles. The van der Waals surface area contributed by atoms with Gasteiger partial charge in [-0.15, -0.1) is 0 Å². The minimum atomic E-state index is -4.41. The van der Waals surface area contributed by atoms with Crippen LogP contribution in [-0.4, -0.2) is 24.0 Å². The summed E-state index contributed by atoms with van der Waals surface area (Å²) in [6, 6.07) is 12.0. The van der Waals surface area contributed by atoms with E-state index in [1.54, 1.807) is 51.1 Å². The molecule has 2 rings (SSSR count). The number of carbonyl (C=O) groups excluding carboxylic acids is 2. The molecular formula is C23H26F3NO3. The number of amides is 1. The van der Waals surface area contributed by atoms with Crippen LogP contribution in [0.1, 0.15) is 60.7 Å². The molecule has 1 amide bonds. The summed E-state index contributed by atoms with van der Waals surface area (Å²) in [7, 11) is 0. The maximum Gasteiger partial charge on any atom is 0.416 e. The van der Waals surface area contributed by atoms with Gasteiger partial charge in [0, 0.05) is 18.5 Å². The summed E-state index contributed by atoms with van der Waals surface area (Å²) in [6.07, 6.45) is -4.10. The molecule has 0 aliphatic carbocycles. The van der Waals surface area contributed by atoms with Crippen molar-refractivity contribution in [3.8, 4) is 0 Å². The number of ether oxygens (including phenoxy) is 1. The Morgan fingerprint density at radius 3 is 2.37 bits per heavy atom. The zero-order valence-electron chi connectivity index (χ0n) is 17.3. The summed E-state index contributed by atoms with van der Waals surface area (Å²) in [5.41, 5.74) is 0.324. The maximum atomic E-state index is 12.9. The molecular weight excluding hydrogens is 395 g/mol. The number of nitrogens with one attached hydrogen (secondary N) is 1. The number of carbonyl (C=O) groups is 2. The standard InChI is InChI=1S/C23H26F3NO3/c1-22(2,3)30-21(29)27-13-7-12-20(28)19-11-5-4-9-17(19)14-16-8-6-10-18(15-16)23(24,25)26/h4-6,8-11,15H,7,12-14H2,1-3H3,(H,27,29). The molecule has 2 aromatic rings. The summed E-state index contributed by atoms with van der Waals surface area (Å²) in [5.74, 6) is -0.122. The lowest BCUT2D eigenvalue weighted by Crippen LogP contribution is -2.33. The molecule has 4 nitrogen and oxygen atoms in total. The summed E-state index contributed by atoms with van der Waals surface area (Å²) in [4.78, 5) is 24.3. The van der Waals surface area contributed by atoms with Gasteiger partial charge in [-0.3, -0.25) is 4.79 Å². The van der Waals surface area contributed by atoms with Crippen molar-refractivity contribution in [3.05, 3.63) is 70.8 Å². The van der Waals surface area contributed by atoms with E-state index in [0.29, 0.717) is 23.1 Å². The Balaban J connectivity index is 1.98. The lowest BCUT2D eigenvalue weighted by molar-refractivity contribution is -0.137. The van der Waals surface area contributed by atoms with Gasteiger partial charge in [-0.2, -0.15) is 13.2 Å². The average molecular weight is 421 g/mol. The number of ketones is 1. The molecule has 2 aromatic carbocycles. The predicted molar refractivity (Wildman–Crippen MR) is 108 cm³/mol. The first-order chi connectivity index (χ1) is 14.0. The fraction of sp³-hybridized carbons (Fsp3) is 0.391. The Morgan fingerprint density at radius 2 is 1.70 bits per heavy atom. The molecule has 0 bridgehead atoms. The third-order valence-corrected chi connectivity index (χ3v) is 4.22. The smallest absolute Gasteiger partial charge is 0.416 e. The van der Waals surface area contributed by atoms with Gasteiger partial charge in [0.1, 0.15) is 5.60 Å². The van der Waals surface area contributed by atoms with Crippen LogP contribution in [0.3, 0.4) is 0 Å². The highest BCUT2D eigenvalue weighted by molar-refractivity contribution is 5.97. The van der Waals surface area contributed by atoms with E-state index in [9.17, 15) is 22.8 Å². The van der Waals surface area contributed by atoms with Crippen molar-refractivity contribution in [3.63, 3.8) is 0 Å². The van der Waals surface area contributed by atoms with Crippen LogP contribution in [0.15, 0.2) is 48.5 Å². The number of rotatable bonds is 7. The van der Waals surface area contributed by atoms with Gasteiger partial charge in [0.25, 0.3) is 0 Å². The lowest BCUT2D eigenvalue weighted by Gasteiger charge is -2.19. The van der Waals surface area contributed by atoms with E-state index in [0.717, 1.165) is 12.1 Å². The summed E-state index contributed by atoms with van der Waals surface area (Å²) in [5, 5.41) is 2.60. The van der Waals surface area contributed by atoms with Crippen molar-refractivity contribution in [2.75, 3.05) is 6.54 Å². The van der Waals surface area contributed by atoms with E-state index in [1.807, 2.05) is 0 Å². The molecule has 162 valence electrons. The van der Waals surface area contributed by atoms with Crippen LogP contribution in [0.25, 0.3) is 0 Å². The number of halogens is 3. The number of alkyl carbamates (subject to hydrolysis) is 1. The van der Waals surface area contributed by atoms with Crippen molar-refractivity contribution in [2.45, 2.75) is 51.8 Å².